The van der Waals surface area contributed by atoms with Gasteiger partial charge in [0.1, 0.15) is 12.4 Å². The molecule has 2 rings (SSSR count). The predicted octanol–water partition coefficient (Wildman–Crippen LogP) is 4.68. The highest BCUT2D eigenvalue weighted by Crippen LogP contribution is 2.16. The van der Waals surface area contributed by atoms with Crippen LogP contribution in [0, 0.1) is 0 Å². The second-order valence-electron chi connectivity index (χ2n) is 6.11. The molecule has 0 saturated carbocycles. The van der Waals surface area contributed by atoms with E-state index in [0.29, 0.717) is 26.2 Å². The monoisotopic (exact) mass is 368 g/mol. The molecule has 1 unspecified atom stereocenters. The van der Waals surface area contributed by atoms with Gasteiger partial charge in [0, 0.05) is 13.0 Å². The van der Waals surface area contributed by atoms with Crippen molar-refractivity contribution >= 4 is 11.5 Å². The van der Waals surface area contributed by atoms with Crippen LogP contribution in [-0.4, -0.2) is 31.9 Å². The van der Waals surface area contributed by atoms with E-state index in [0.717, 1.165) is 11.3 Å². The maximum atomic E-state index is 11.9. The fourth-order valence-corrected chi connectivity index (χ4v) is 2.66. The summed E-state index contributed by atoms with van der Waals surface area (Å²) in [6.45, 7) is 7.06. The summed E-state index contributed by atoms with van der Waals surface area (Å²) in [7, 11) is 0. The number of ether oxygens (including phenoxy) is 3. The van der Waals surface area contributed by atoms with Gasteiger partial charge in [-0.2, -0.15) is 0 Å². The number of carbonyl (C=O) groups is 1. The third-order valence-corrected chi connectivity index (χ3v) is 4.13. The van der Waals surface area contributed by atoms with Crippen LogP contribution in [0.1, 0.15) is 31.9 Å². The molecule has 0 radical (unpaired) electrons. The van der Waals surface area contributed by atoms with Gasteiger partial charge in [-0.05, 0) is 55.7 Å². The van der Waals surface area contributed by atoms with Gasteiger partial charge in [-0.15, -0.1) is 0 Å². The lowest BCUT2D eigenvalue weighted by atomic mass is 10.1. The third kappa shape index (κ3) is 6.91. The summed E-state index contributed by atoms with van der Waals surface area (Å²) in [4.78, 5) is 11.9. The molecule has 0 aromatic heterocycles. The van der Waals surface area contributed by atoms with Crippen LogP contribution in [0.3, 0.4) is 0 Å². The molecule has 0 fully saturated rings. The first-order valence-electron chi connectivity index (χ1n) is 9.36. The van der Waals surface area contributed by atoms with Gasteiger partial charge in [0.2, 0.25) is 0 Å². The lowest BCUT2D eigenvalue weighted by molar-refractivity contribution is -0.156. The van der Waals surface area contributed by atoms with E-state index in [1.165, 1.54) is 11.1 Å². The smallest absolute Gasteiger partial charge is 0.335 e. The van der Waals surface area contributed by atoms with Gasteiger partial charge in [-0.25, -0.2) is 4.79 Å². The molecule has 1 atom stereocenters. The van der Waals surface area contributed by atoms with Crippen LogP contribution < -0.4 is 4.74 Å². The zero-order valence-electron chi connectivity index (χ0n) is 16.3. The van der Waals surface area contributed by atoms with E-state index < -0.39 is 6.10 Å². The van der Waals surface area contributed by atoms with Crippen LogP contribution in [0.15, 0.2) is 60.7 Å². The molecular weight excluding hydrogens is 340 g/mol. The number of carbonyl (C=O) groups excluding carboxylic acids is 1. The molecule has 0 N–H and O–H groups in total. The Morgan fingerprint density at radius 2 is 1.70 bits per heavy atom. The minimum atomic E-state index is -0.571. The van der Waals surface area contributed by atoms with Crippen LogP contribution in [0.25, 0.3) is 5.57 Å². The van der Waals surface area contributed by atoms with Crippen LogP contribution >= 0.6 is 0 Å². The predicted molar refractivity (Wildman–Crippen MR) is 108 cm³/mol. The number of hydrogen-bond acceptors (Lipinski definition) is 4. The Morgan fingerprint density at radius 3 is 2.33 bits per heavy atom. The van der Waals surface area contributed by atoms with Gasteiger partial charge in [-0.3, -0.25) is 0 Å². The van der Waals surface area contributed by atoms with Gasteiger partial charge in [0.05, 0.1) is 6.61 Å². The molecule has 0 aliphatic rings. The minimum Gasteiger partial charge on any atom is -0.490 e. The fraction of sp³-hybridized carbons (Fsp3) is 0.348. The van der Waals surface area contributed by atoms with Crippen molar-refractivity contribution in [3.8, 4) is 5.75 Å². The summed E-state index contributed by atoms with van der Waals surface area (Å²) in [5.41, 5.74) is 3.38. The molecule has 0 aliphatic carbocycles. The van der Waals surface area contributed by atoms with Crippen molar-refractivity contribution in [2.45, 2.75) is 33.3 Å². The average molecular weight is 368 g/mol. The maximum Gasteiger partial charge on any atom is 0.335 e. The van der Waals surface area contributed by atoms with Crippen molar-refractivity contribution in [1.82, 2.24) is 0 Å². The number of rotatable bonds is 10. The zero-order chi connectivity index (χ0) is 19.5. The van der Waals surface area contributed by atoms with Crippen molar-refractivity contribution in [3.63, 3.8) is 0 Å². The first-order chi connectivity index (χ1) is 13.1. The number of allylic oxidation sites excluding steroid dienone is 1. The Labute approximate surface area is 161 Å². The lowest BCUT2D eigenvalue weighted by Crippen LogP contribution is -2.28. The third-order valence-electron chi connectivity index (χ3n) is 4.13. The molecule has 0 amide bonds. The van der Waals surface area contributed by atoms with E-state index in [2.05, 4.69) is 25.1 Å². The zero-order valence-corrected chi connectivity index (χ0v) is 16.3. The topological polar surface area (TPSA) is 44.8 Å². The van der Waals surface area contributed by atoms with Crippen molar-refractivity contribution in [2.75, 3.05) is 19.8 Å². The molecule has 4 nitrogen and oxygen atoms in total. The highest BCUT2D eigenvalue weighted by Gasteiger charge is 2.20. The molecule has 144 valence electrons. The second-order valence-corrected chi connectivity index (χ2v) is 6.11. The minimum absolute atomic E-state index is 0.318. The molecule has 2 aromatic carbocycles. The standard InChI is InChI=1S/C23H28O4/c1-4-25-22(23(24)26-5-2)17-19-11-13-21(14-12-19)27-16-15-18(3)20-9-7-6-8-10-20/h6-15,22H,4-5,16-17H2,1-3H3/b18-15-. The van der Waals surface area contributed by atoms with Crippen molar-refractivity contribution in [2.24, 2.45) is 0 Å². The maximum absolute atomic E-state index is 11.9. The summed E-state index contributed by atoms with van der Waals surface area (Å²) >= 11 is 0. The molecule has 0 aliphatic heterocycles. The molecule has 27 heavy (non-hydrogen) atoms. The van der Waals surface area contributed by atoms with Gasteiger partial charge < -0.3 is 14.2 Å². The Bertz CT molecular complexity index is 720. The highest BCUT2D eigenvalue weighted by molar-refractivity contribution is 5.75. The van der Waals surface area contributed by atoms with E-state index in [-0.39, 0.29) is 5.97 Å². The van der Waals surface area contributed by atoms with E-state index in [9.17, 15) is 4.79 Å². The van der Waals surface area contributed by atoms with Gasteiger partial charge in [0.25, 0.3) is 0 Å². The normalized spacial score (nSPS) is 12.5. The Hall–Kier alpha value is -2.59. The van der Waals surface area contributed by atoms with Crippen LogP contribution in [0.4, 0.5) is 0 Å². The number of hydrogen-bond donors (Lipinski definition) is 0. The molecule has 2 aromatic rings. The highest BCUT2D eigenvalue weighted by atomic mass is 16.6. The molecule has 0 heterocycles. The summed E-state index contributed by atoms with van der Waals surface area (Å²) < 4.78 is 16.4. The fourth-order valence-electron chi connectivity index (χ4n) is 2.66. The van der Waals surface area contributed by atoms with E-state index >= 15 is 0 Å². The molecule has 0 saturated heterocycles. The summed E-state index contributed by atoms with van der Waals surface area (Å²) in [6, 6.07) is 18.0. The van der Waals surface area contributed by atoms with Crippen LogP contribution in [0.5, 0.6) is 5.75 Å². The molecule has 0 spiro atoms. The summed E-state index contributed by atoms with van der Waals surface area (Å²) in [5.74, 6) is 0.473. The van der Waals surface area contributed by atoms with E-state index in [4.69, 9.17) is 14.2 Å². The van der Waals surface area contributed by atoms with Crippen molar-refractivity contribution < 1.29 is 19.0 Å². The molecular formula is C23H28O4. The average Bonchev–Trinajstić information content (AvgIpc) is 2.69. The quantitative estimate of drug-likeness (QED) is 0.571. The second kappa shape index (κ2) is 11.2. The Balaban J connectivity index is 1.89. The van der Waals surface area contributed by atoms with Crippen molar-refractivity contribution in [1.29, 1.82) is 0 Å². The van der Waals surface area contributed by atoms with E-state index in [1.54, 1.807) is 6.92 Å². The number of esters is 1. The van der Waals surface area contributed by atoms with Crippen molar-refractivity contribution in [3.05, 3.63) is 71.8 Å². The largest absolute Gasteiger partial charge is 0.490 e. The molecule has 4 heteroatoms. The number of benzene rings is 2. The lowest BCUT2D eigenvalue weighted by Gasteiger charge is -2.15. The Kier molecular flexibility index (Phi) is 8.59. The van der Waals surface area contributed by atoms with Crippen LogP contribution in [0.2, 0.25) is 0 Å². The van der Waals surface area contributed by atoms with Gasteiger partial charge in [0.15, 0.2) is 6.10 Å². The summed E-state index contributed by atoms with van der Waals surface area (Å²) in [6.07, 6.45) is 1.98. The van der Waals surface area contributed by atoms with Gasteiger partial charge >= 0.3 is 5.97 Å². The van der Waals surface area contributed by atoms with Crippen LogP contribution in [-0.2, 0) is 20.7 Å². The molecule has 0 bridgehead atoms. The van der Waals surface area contributed by atoms with Gasteiger partial charge in [-0.1, -0.05) is 42.5 Å². The SMILES string of the molecule is CCOC(=O)C(Cc1ccc(OC/C=C(/C)c2ccccc2)cc1)OCC. The summed E-state index contributed by atoms with van der Waals surface area (Å²) in [5, 5.41) is 0. The van der Waals surface area contributed by atoms with E-state index in [1.807, 2.05) is 49.4 Å². The first kappa shape index (κ1) is 20.7. The Morgan fingerprint density at radius 1 is 1.00 bits per heavy atom. The first-order valence-corrected chi connectivity index (χ1v) is 9.36.